The molecule has 0 saturated carbocycles. The highest BCUT2D eigenvalue weighted by molar-refractivity contribution is 5.94. The summed E-state index contributed by atoms with van der Waals surface area (Å²) in [6.07, 6.45) is 0. The van der Waals surface area contributed by atoms with Gasteiger partial charge < -0.3 is 9.80 Å². The van der Waals surface area contributed by atoms with Gasteiger partial charge in [-0.25, -0.2) is 8.78 Å². The van der Waals surface area contributed by atoms with E-state index in [0.717, 1.165) is 13.1 Å². The number of carbonyl (C=O) groups excluding carboxylic acids is 1. The molecule has 0 atom stereocenters. The van der Waals surface area contributed by atoms with Crippen molar-refractivity contribution in [3.8, 4) is 0 Å². The molecular weight excluding hydrogens is 298 g/mol. The van der Waals surface area contributed by atoms with E-state index in [1.807, 2.05) is 6.07 Å². The molecule has 1 saturated heterocycles. The summed E-state index contributed by atoms with van der Waals surface area (Å²) in [6.45, 7) is 3.17. The first-order chi connectivity index (χ1) is 11.1. The minimum atomic E-state index is -0.487. The molecule has 3 nitrogen and oxygen atoms in total. The minimum absolute atomic E-state index is 0.116. The molecule has 1 fully saturated rings. The van der Waals surface area contributed by atoms with Gasteiger partial charge in [0.25, 0.3) is 5.91 Å². The molecule has 1 N–H and O–H groups in total. The Hall–Kier alpha value is -2.27. The molecule has 1 heterocycles. The second-order valence-electron chi connectivity index (χ2n) is 5.79. The summed E-state index contributed by atoms with van der Waals surface area (Å²) in [7, 11) is 0. The Bertz CT molecular complexity index is 697. The Balaban J connectivity index is 1.59. The van der Waals surface area contributed by atoms with E-state index in [4.69, 9.17) is 0 Å². The normalized spacial score (nSPS) is 15.7. The molecular formula is C18H19F2N2O+. The van der Waals surface area contributed by atoms with Gasteiger partial charge in [0.05, 0.1) is 31.7 Å². The van der Waals surface area contributed by atoms with Crippen molar-refractivity contribution in [3.05, 3.63) is 71.3 Å². The number of amides is 1. The van der Waals surface area contributed by atoms with Gasteiger partial charge in [0.1, 0.15) is 18.2 Å². The highest BCUT2D eigenvalue weighted by Gasteiger charge is 2.26. The average Bonchev–Trinajstić information content (AvgIpc) is 2.57. The number of carbonyl (C=O) groups is 1. The Labute approximate surface area is 134 Å². The minimum Gasteiger partial charge on any atom is -0.328 e. The number of hydrogen-bond acceptors (Lipinski definition) is 1. The highest BCUT2D eigenvalue weighted by Crippen LogP contribution is 2.10. The molecule has 3 rings (SSSR count). The van der Waals surface area contributed by atoms with Crippen molar-refractivity contribution in [2.75, 3.05) is 26.2 Å². The van der Waals surface area contributed by atoms with Crippen molar-refractivity contribution < 1.29 is 18.5 Å². The SMILES string of the molecule is O=C(c1ccccc1F)N1CC[NH+](Cc2ccccc2F)CC1. The lowest BCUT2D eigenvalue weighted by atomic mass is 10.1. The molecule has 0 bridgehead atoms. The molecule has 120 valence electrons. The monoisotopic (exact) mass is 317 g/mol. The number of rotatable bonds is 3. The van der Waals surface area contributed by atoms with Gasteiger partial charge in [-0.2, -0.15) is 0 Å². The summed E-state index contributed by atoms with van der Waals surface area (Å²) in [5.41, 5.74) is 0.807. The Morgan fingerprint density at radius 3 is 2.22 bits per heavy atom. The van der Waals surface area contributed by atoms with Crippen molar-refractivity contribution in [1.29, 1.82) is 0 Å². The van der Waals surface area contributed by atoms with Crippen LogP contribution in [0.5, 0.6) is 0 Å². The second-order valence-corrected chi connectivity index (χ2v) is 5.79. The van der Waals surface area contributed by atoms with Gasteiger partial charge >= 0.3 is 0 Å². The van der Waals surface area contributed by atoms with Crippen LogP contribution in [0.15, 0.2) is 48.5 Å². The van der Waals surface area contributed by atoms with E-state index < -0.39 is 5.82 Å². The van der Waals surface area contributed by atoms with Gasteiger partial charge in [-0.15, -0.1) is 0 Å². The molecule has 1 amide bonds. The van der Waals surface area contributed by atoms with Crippen molar-refractivity contribution >= 4 is 5.91 Å². The zero-order valence-corrected chi connectivity index (χ0v) is 12.8. The number of quaternary nitrogens is 1. The van der Waals surface area contributed by atoms with Crippen LogP contribution in [0.25, 0.3) is 0 Å². The lowest BCUT2D eigenvalue weighted by Crippen LogP contribution is -3.13. The van der Waals surface area contributed by atoms with E-state index >= 15 is 0 Å². The third-order valence-corrected chi connectivity index (χ3v) is 4.26. The molecule has 0 radical (unpaired) electrons. The van der Waals surface area contributed by atoms with E-state index in [-0.39, 0.29) is 17.3 Å². The van der Waals surface area contributed by atoms with Gasteiger partial charge in [-0.05, 0) is 18.2 Å². The first kappa shape index (κ1) is 15.6. The van der Waals surface area contributed by atoms with Gasteiger partial charge in [0.15, 0.2) is 0 Å². The first-order valence-electron chi connectivity index (χ1n) is 7.76. The summed E-state index contributed by atoms with van der Waals surface area (Å²) >= 11 is 0. The number of benzene rings is 2. The fraction of sp³-hybridized carbons (Fsp3) is 0.278. The fourth-order valence-electron chi connectivity index (χ4n) is 2.92. The van der Waals surface area contributed by atoms with Crippen LogP contribution in [-0.2, 0) is 6.54 Å². The summed E-state index contributed by atoms with van der Waals surface area (Å²) in [5.74, 6) is -0.948. The average molecular weight is 317 g/mol. The molecule has 0 aliphatic carbocycles. The predicted octanol–water partition coefficient (Wildman–Crippen LogP) is 1.51. The maximum Gasteiger partial charge on any atom is 0.257 e. The van der Waals surface area contributed by atoms with E-state index in [2.05, 4.69) is 0 Å². The maximum atomic E-state index is 13.7. The summed E-state index contributed by atoms with van der Waals surface area (Å²) in [4.78, 5) is 15.3. The Kier molecular flexibility index (Phi) is 4.67. The van der Waals surface area contributed by atoms with Crippen LogP contribution in [0, 0.1) is 11.6 Å². The largest absolute Gasteiger partial charge is 0.328 e. The third kappa shape index (κ3) is 3.56. The summed E-state index contributed by atoms with van der Waals surface area (Å²) in [6, 6.07) is 12.8. The molecule has 1 aliphatic heterocycles. The van der Waals surface area contributed by atoms with Crippen molar-refractivity contribution in [2.45, 2.75) is 6.54 Å². The zero-order valence-electron chi connectivity index (χ0n) is 12.8. The topological polar surface area (TPSA) is 24.8 Å². The van der Waals surface area contributed by atoms with E-state index in [9.17, 15) is 13.6 Å². The van der Waals surface area contributed by atoms with Crippen LogP contribution in [0.4, 0.5) is 8.78 Å². The molecule has 0 unspecified atom stereocenters. The highest BCUT2D eigenvalue weighted by atomic mass is 19.1. The number of nitrogens with one attached hydrogen (secondary N) is 1. The van der Waals surface area contributed by atoms with E-state index in [1.165, 1.54) is 23.1 Å². The Morgan fingerprint density at radius 1 is 0.957 bits per heavy atom. The summed E-state index contributed by atoms with van der Waals surface area (Å²) < 4.78 is 27.4. The third-order valence-electron chi connectivity index (χ3n) is 4.26. The molecule has 23 heavy (non-hydrogen) atoms. The lowest BCUT2D eigenvalue weighted by molar-refractivity contribution is -0.917. The van der Waals surface area contributed by atoms with Crippen molar-refractivity contribution in [2.24, 2.45) is 0 Å². The molecule has 0 spiro atoms. The predicted molar refractivity (Wildman–Crippen MR) is 83.1 cm³/mol. The molecule has 2 aromatic carbocycles. The smallest absolute Gasteiger partial charge is 0.257 e. The number of nitrogens with zero attached hydrogens (tertiary/aromatic N) is 1. The van der Waals surface area contributed by atoms with Crippen LogP contribution in [0.1, 0.15) is 15.9 Å². The van der Waals surface area contributed by atoms with Gasteiger partial charge in [-0.3, -0.25) is 4.79 Å². The Morgan fingerprint density at radius 2 is 1.57 bits per heavy atom. The van der Waals surface area contributed by atoms with Crippen LogP contribution < -0.4 is 4.90 Å². The van der Waals surface area contributed by atoms with Crippen LogP contribution in [0.3, 0.4) is 0 Å². The molecule has 2 aromatic rings. The van der Waals surface area contributed by atoms with Gasteiger partial charge in [-0.1, -0.05) is 30.3 Å². The zero-order chi connectivity index (χ0) is 16.2. The van der Waals surface area contributed by atoms with E-state index in [0.29, 0.717) is 25.2 Å². The van der Waals surface area contributed by atoms with Crippen molar-refractivity contribution in [3.63, 3.8) is 0 Å². The van der Waals surface area contributed by atoms with Gasteiger partial charge in [0, 0.05) is 5.56 Å². The second kappa shape index (κ2) is 6.87. The standard InChI is InChI=1S/C18H18F2N2O/c19-16-7-3-1-5-14(16)13-21-9-11-22(12-10-21)18(23)15-6-2-4-8-17(15)20/h1-8H,9-13H2/p+1. The molecule has 1 aliphatic rings. The van der Waals surface area contributed by atoms with Crippen LogP contribution in [0.2, 0.25) is 0 Å². The number of piperazine rings is 1. The van der Waals surface area contributed by atoms with Gasteiger partial charge in [0.2, 0.25) is 0 Å². The van der Waals surface area contributed by atoms with Crippen LogP contribution in [-0.4, -0.2) is 37.0 Å². The summed E-state index contributed by atoms with van der Waals surface area (Å²) in [5, 5.41) is 0. The first-order valence-corrected chi connectivity index (χ1v) is 7.76. The maximum absolute atomic E-state index is 13.7. The quantitative estimate of drug-likeness (QED) is 0.912. The fourth-order valence-corrected chi connectivity index (χ4v) is 2.92. The van der Waals surface area contributed by atoms with E-state index in [1.54, 1.807) is 29.2 Å². The van der Waals surface area contributed by atoms with Crippen molar-refractivity contribution in [1.82, 2.24) is 4.90 Å². The molecule has 0 aromatic heterocycles. The lowest BCUT2D eigenvalue weighted by Gasteiger charge is -2.32. The number of hydrogen-bond donors (Lipinski definition) is 1. The molecule has 5 heteroatoms. The van der Waals surface area contributed by atoms with Crippen LogP contribution >= 0.6 is 0 Å². The number of halogens is 2.